The molecule has 0 saturated carbocycles. The molecule has 0 bridgehead atoms. The molecule has 0 aromatic carbocycles. The van der Waals surface area contributed by atoms with Crippen LogP contribution >= 0.6 is 0 Å². The van der Waals surface area contributed by atoms with E-state index in [-0.39, 0.29) is 56.6 Å². The van der Waals surface area contributed by atoms with Crippen LogP contribution in [0.1, 0.15) is 72.6 Å². The number of hydrogen-bond donors (Lipinski definition) is 3. The molecule has 0 fully saturated rings. The van der Waals surface area contributed by atoms with E-state index in [1.54, 1.807) is 0 Å². The van der Waals surface area contributed by atoms with E-state index in [1.165, 1.54) is 43.4 Å². The number of aliphatic carboxylic acids is 1. The molecular weight excluding hydrogens is 371 g/mol. The minimum atomic E-state index is -1.02. The Kier molecular flexibility index (Phi) is 23.1. The summed E-state index contributed by atoms with van der Waals surface area (Å²) in [5.41, 5.74) is 0. The predicted octanol–water partition coefficient (Wildman–Crippen LogP) is -0.776. The fourth-order valence-corrected chi connectivity index (χ4v) is 3.08. The van der Waals surface area contributed by atoms with Crippen LogP contribution in [-0.2, 0) is 9.59 Å². The summed E-state index contributed by atoms with van der Waals surface area (Å²) >= 11 is 0. The number of carbonyl (C=O) groups is 2. The van der Waals surface area contributed by atoms with Crippen LogP contribution in [0.2, 0.25) is 0 Å². The Labute approximate surface area is 194 Å². The number of aliphatic hydroxyl groups excluding tert-OH is 2. The van der Waals surface area contributed by atoms with Gasteiger partial charge in [0.05, 0.1) is 13.2 Å². The van der Waals surface area contributed by atoms with E-state index in [9.17, 15) is 9.59 Å². The zero-order valence-electron chi connectivity index (χ0n) is 19.1. The van der Waals surface area contributed by atoms with Gasteiger partial charge in [-0.3, -0.25) is 14.5 Å². The van der Waals surface area contributed by atoms with Crippen LogP contribution in [0.5, 0.6) is 0 Å². The maximum Gasteiger partial charge on any atom is 1.00 e. The molecule has 0 atom stereocenters. The van der Waals surface area contributed by atoms with E-state index in [2.05, 4.69) is 6.92 Å². The second kappa shape index (κ2) is 21.5. The third-order valence-corrected chi connectivity index (χ3v) is 4.69. The Bertz CT molecular complexity index is 386. The fraction of sp³-hybridized carbons (Fsp3) is 0.900. The first-order chi connectivity index (χ1) is 13.0. The van der Waals surface area contributed by atoms with Crippen molar-refractivity contribution >= 4 is 11.9 Å². The Morgan fingerprint density at radius 2 is 1.29 bits per heavy atom. The number of nitrogens with zero attached hydrogens (tertiary/aromatic N) is 2. The molecule has 0 saturated heterocycles. The zero-order chi connectivity index (χ0) is 20.3. The minimum absolute atomic E-state index is 0. The molecule has 0 aliphatic rings. The van der Waals surface area contributed by atoms with Gasteiger partial charge in [-0.05, 0) is 6.42 Å². The molecule has 8 heteroatoms. The van der Waals surface area contributed by atoms with Gasteiger partial charge in [0.2, 0.25) is 5.91 Å². The van der Waals surface area contributed by atoms with E-state index in [0.717, 1.165) is 19.3 Å². The van der Waals surface area contributed by atoms with Crippen LogP contribution in [0.3, 0.4) is 0 Å². The molecule has 3 N–H and O–H groups in total. The van der Waals surface area contributed by atoms with Gasteiger partial charge in [-0.2, -0.15) is 0 Å². The first-order valence-corrected chi connectivity index (χ1v) is 10.5. The molecule has 28 heavy (non-hydrogen) atoms. The van der Waals surface area contributed by atoms with Gasteiger partial charge in [0, 0.05) is 32.6 Å². The largest absolute Gasteiger partial charge is 1.00 e. The molecule has 0 aromatic heterocycles. The van der Waals surface area contributed by atoms with Crippen LogP contribution < -0.4 is 29.6 Å². The number of amides is 1. The summed E-state index contributed by atoms with van der Waals surface area (Å²) in [5.74, 6) is -1.15. The number of hydrogen-bond acceptors (Lipinski definition) is 5. The number of aliphatic hydroxyl groups is 2. The first-order valence-electron chi connectivity index (χ1n) is 10.5. The van der Waals surface area contributed by atoms with Gasteiger partial charge in [0.25, 0.3) is 0 Å². The standard InChI is InChI=1S/C20H40N2O5.Na.H/c1-2-3-4-5-6-7-8-9-10-11-19(25)22(18-20(26)27)13-12-21(14-16-23)15-17-24;;/h23-24H,2-18H2,1H3,(H,26,27);;/q;+1;-1. The molecule has 0 unspecified atom stereocenters. The van der Waals surface area contributed by atoms with Crippen molar-refractivity contribution in [3.05, 3.63) is 0 Å². The van der Waals surface area contributed by atoms with Gasteiger partial charge < -0.3 is 21.6 Å². The molecular formula is C20H41N2NaO5. The molecule has 0 spiro atoms. The third-order valence-electron chi connectivity index (χ3n) is 4.69. The first kappa shape index (κ1) is 30.0. The number of carboxylic acids is 1. The van der Waals surface area contributed by atoms with Gasteiger partial charge in [-0.15, -0.1) is 0 Å². The van der Waals surface area contributed by atoms with E-state index >= 15 is 0 Å². The summed E-state index contributed by atoms with van der Waals surface area (Å²) in [6.45, 7) is 3.36. The molecule has 7 nitrogen and oxygen atoms in total. The van der Waals surface area contributed by atoms with Crippen molar-refractivity contribution in [3.8, 4) is 0 Å². The molecule has 0 aromatic rings. The van der Waals surface area contributed by atoms with Crippen LogP contribution in [0, 0.1) is 0 Å². The van der Waals surface area contributed by atoms with Crippen molar-refractivity contribution in [2.75, 3.05) is 45.9 Å². The van der Waals surface area contributed by atoms with Crippen LogP contribution in [0.25, 0.3) is 0 Å². The SMILES string of the molecule is CCCCCCCCCCCC(=O)N(CCN(CCO)CCO)CC(=O)O.[H-].[Na+]. The van der Waals surface area contributed by atoms with Crippen molar-refractivity contribution in [2.24, 2.45) is 0 Å². The summed E-state index contributed by atoms with van der Waals surface area (Å²) in [4.78, 5) is 26.6. The molecule has 0 rings (SSSR count). The number of carboxylic acid groups (broad SMARTS) is 1. The van der Waals surface area contributed by atoms with Gasteiger partial charge in [-0.25, -0.2) is 0 Å². The van der Waals surface area contributed by atoms with Crippen LogP contribution in [0.4, 0.5) is 0 Å². The average Bonchev–Trinajstić information content (AvgIpc) is 2.63. The van der Waals surface area contributed by atoms with Gasteiger partial charge in [0.15, 0.2) is 0 Å². The molecule has 0 aliphatic heterocycles. The second-order valence-corrected chi connectivity index (χ2v) is 7.08. The van der Waals surface area contributed by atoms with E-state index in [4.69, 9.17) is 15.3 Å². The maximum atomic E-state index is 12.4. The van der Waals surface area contributed by atoms with Crippen molar-refractivity contribution in [1.82, 2.24) is 9.80 Å². The Morgan fingerprint density at radius 1 is 0.786 bits per heavy atom. The predicted molar refractivity (Wildman–Crippen MR) is 108 cm³/mol. The van der Waals surface area contributed by atoms with Crippen molar-refractivity contribution < 1.29 is 55.9 Å². The number of carbonyl (C=O) groups excluding carboxylic acids is 1. The molecule has 0 heterocycles. The Balaban J connectivity index is -0.00000338. The summed E-state index contributed by atoms with van der Waals surface area (Å²) in [7, 11) is 0. The normalized spacial score (nSPS) is 10.7. The molecule has 0 radical (unpaired) electrons. The Hall–Kier alpha value is -0.180. The van der Waals surface area contributed by atoms with Gasteiger partial charge >= 0.3 is 35.5 Å². The molecule has 1 amide bonds. The zero-order valence-corrected chi connectivity index (χ0v) is 20.1. The van der Waals surface area contributed by atoms with E-state index in [0.29, 0.717) is 32.6 Å². The van der Waals surface area contributed by atoms with Gasteiger partial charge in [-0.1, -0.05) is 58.3 Å². The third kappa shape index (κ3) is 17.9. The van der Waals surface area contributed by atoms with E-state index in [1.807, 2.05) is 4.90 Å². The number of rotatable bonds is 19. The minimum Gasteiger partial charge on any atom is -1.00 e. The van der Waals surface area contributed by atoms with Crippen LogP contribution in [0.15, 0.2) is 0 Å². The summed E-state index contributed by atoms with van der Waals surface area (Å²) in [6.07, 6.45) is 10.9. The second-order valence-electron chi connectivity index (χ2n) is 7.08. The van der Waals surface area contributed by atoms with Crippen molar-refractivity contribution in [2.45, 2.75) is 71.1 Å². The number of unbranched alkanes of at least 4 members (excludes halogenated alkanes) is 8. The summed E-state index contributed by atoms with van der Waals surface area (Å²) < 4.78 is 0. The summed E-state index contributed by atoms with van der Waals surface area (Å²) in [6, 6.07) is 0. The Morgan fingerprint density at radius 3 is 1.75 bits per heavy atom. The van der Waals surface area contributed by atoms with Gasteiger partial charge in [0.1, 0.15) is 6.54 Å². The van der Waals surface area contributed by atoms with Crippen molar-refractivity contribution in [3.63, 3.8) is 0 Å². The molecule has 0 aliphatic carbocycles. The maximum absolute atomic E-state index is 12.4. The average molecular weight is 413 g/mol. The monoisotopic (exact) mass is 412 g/mol. The quantitative estimate of drug-likeness (QED) is 0.190. The topological polar surface area (TPSA) is 101 Å². The van der Waals surface area contributed by atoms with E-state index < -0.39 is 5.97 Å². The fourth-order valence-electron chi connectivity index (χ4n) is 3.08. The smallest absolute Gasteiger partial charge is 1.00 e. The van der Waals surface area contributed by atoms with Crippen molar-refractivity contribution in [1.29, 1.82) is 0 Å². The van der Waals surface area contributed by atoms with Crippen LogP contribution in [-0.4, -0.2) is 82.9 Å². The molecule has 162 valence electrons. The summed E-state index contributed by atoms with van der Waals surface area (Å²) in [5, 5.41) is 27.1.